The van der Waals surface area contributed by atoms with Gasteiger partial charge >= 0.3 is 12.1 Å². The van der Waals surface area contributed by atoms with Crippen LogP contribution in [-0.2, 0) is 9.53 Å². The van der Waals surface area contributed by atoms with Crippen LogP contribution in [0.15, 0.2) is 24.3 Å². The van der Waals surface area contributed by atoms with Gasteiger partial charge in [0.1, 0.15) is 5.60 Å². The van der Waals surface area contributed by atoms with Crippen molar-refractivity contribution in [1.82, 2.24) is 4.90 Å². The summed E-state index contributed by atoms with van der Waals surface area (Å²) in [4.78, 5) is 25.3. The topological polar surface area (TPSA) is 66.8 Å². The molecule has 2 rings (SSSR count). The SMILES string of the molecule is Cc1ccccc1[C@H]1CN(C(=O)OC(C)(C)C)C[C@@H]1C(=O)O. The average Bonchev–Trinajstić information content (AvgIpc) is 2.82. The van der Waals surface area contributed by atoms with Crippen LogP contribution in [-0.4, -0.2) is 40.8 Å². The predicted molar refractivity (Wildman–Crippen MR) is 82.9 cm³/mol. The summed E-state index contributed by atoms with van der Waals surface area (Å²) in [5.74, 6) is -1.68. The number of amides is 1. The summed E-state index contributed by atoms with van der Waals surface area (Å²) in [6.07, 6.45) is -0.449. The second-order valence-electron chi connectivity index (χ2n) is 6.79. The van der Waals surface area contributed by atoms with Crippen LogP contribution in [0.25, 0.3) is 0 Å². The molecule has 1 aliphatic rings. The molecule has 0 radical (unpaired) electrons. The molecule has 120 valence electrons. The first-order valence-corrected chi connectivity index (χ1v) is 7.45. The molecule has 0 bridgehead atoms. The third kappa shape index (κ3) is 3.59. The lowest BCUT2D eigenvalue weighted by Crippen LogP contribution is -2.35. The average molecular weight is 305 g/mol. The highest BCUT2D eigenvalue weighted by Gasteiger charge is 2.42. The number of likely N-dealkylation sites (tertiary alicyclic amines) is 1. The number of rotatable bonds is 2. The Labute approximate surface area is 130 Å². The lowest BCUT2D eigenvalue weighted by atomic mass is 9.86. The number of carbonyl (C=O) groups is 2. The smallest absolute Gasteiger partial charge is 0.410 e. The fraction of sp³-hybridized carbons (Fsp3) is 0.529. The zero-order valence-electron chi connectivity index (χ0n) is 13.5. The number of carboxylic acid groups (broad SMARTS) is 1. The van der Waals surface area contributed by atoms with E-state index in [0.29, 0.717) is 6.54 Å². The van der Waals surface area contributed by atoms with Crippen molar-refractivity contribution in [3.8, 4) is 0 Å². The van der Waals surface area contributed by atoms with Crippen LogP contribution in [0.3, 0.4) is 0 Å². The molecule has 1 aromatic carbocycles. The number of ether oxygens (including phenoxy) is 1. The van der Waals surface area contributed by atoms with Gasteiger partial charge in [0.25, 0.3) is 0 Å². The highest BCUT2D eigenvalue weighted by molar-refractivity contribution is 5.76. The van der Waals surface area contributed by atoms with Crippen LogP contribution in [0.5, 0.6) is 0 Å². The van der Waals surface area contributed by atoms with Crippen molar-refractivity contribution < 1.29 is 19.4 Å². The molecule has 0 aromatic heterocycles. The number of aliphatic carboxylic acids is 1. The standard InChI is InChI=1S/C17H23NO4/c1-11-7-5-6-8-12(11)13-9-18(10-14(13)15(19)20)16(21)22-17(2,3)4/h5-8,13-14H,9-10H2,1-4H3,(H,19,20)/t13-,14+/m1/s1. The quantitative estimate of drug-likeness (QED) is 0.912. The zero-order valence-corrected chi connectivity index (χ0v) is 13.5. The summed E-state index contributed by atoms with van der Waals surface area (Å²) < 4.78 is 5.36. The summed E-state index contributed by atoms with van der Waals surface area (Å²) in [6, 6.07) is 7.73. The van der Waals surface area contributed by atoms with Gasteiger partial charge in [-0.05, 0) is 38.8 Å². The first-order valence-electron chi connectivity index (χ1n) is 7.45. The summed E-state index contributed by atoms with van der Waals surface area (Å²) in [6.45, 7) is 7.92. The van der Waals surface area contributed by atoms with Gasteiger partial charge in [0.15, 0.2) is 0 Å². The number of benzene rings is 1. The highest BCUT2D eigenvalue weighted by atomic mass is 16.6. The Balaban J connectivity index is 2.22. The van der Waals surface area contributed by atoms with E-state index in [9.17, 15) is 14.7 Å². The van der Waals surface area contributed by atoms with E-state index >= 15 is 0 Å². The number of hydrogen-bond acceptors (Lipinski definition) is 3. The Morgan fingerprint density at radius 2 is 1.86 bits per heavy atom. The largest absolute Gasteiger partial charge is 0.481 e. The molecular formula is C17H23NO4. The van der Waals surface area contributed by atoms with Crippen LogP contribution < -0.4 is 0 Å². The molecule has 1 N–H and O–H groups in total. The molecule has 1 aliphatic heterocycles. The van der Waals surface area contributed by atoms with E-state index in [0.717, 1.165) is 11.1 Å². The summed E-state index contributed by atoms with van der Waals surface area (Å²) >= 11 is 0. The Kier molecular flexibility index (Phi) is 4.44. The lowest BCUT2D eigenvalue weighted by molar-refractivity contribution is -0.141. The predicted octanol–water partition coefficient (Wildman–Crippen LogP) is 3.03. The van der Waals surface area contributed by atoms with Crippen molar-refractivity contribution in [1.29, 1.82) is 0 Å². The highest BCUT2D eigenvalue weighted by Crippen LogP contribution is 2.35. The van der Waals surface area contributed by atoms with Crippen LogP contribution >= 0.6 is 0 Å². The van der Waals surface area contributed by atoms with Gasteiger partial charge in [0, 0.05) is 19.0 Å². The number of carboxylic acids is 1. The van der Waals surface area contributed by atoms with Crippen LogP contribution in [0, 0.1) is 12.8 Å². The number of carbonyl (C=O) groups excluding carboxylic acids is 1. The molecule has 22 heavy (non-hydrogen) atoms. The van der Waals surface area contributed by atoms with Gasteiger partial charge < -0.3 is 14.7 Å². The summed E-state index contributed by atoms with van der Waals surface area (Å²) in [5.41, 5.74) is 1.45. The molecule has 0 saturated carbocycles. The van der Waals surface area contributed by atoms with Gasteiger partial charge in [0.2, 0.25) is 0 Å². The first kappa shape index (κ1) is 16.3. The fourth-order valence-corrected chi connectivity index (χ4v) is 2.85. The molecule has 1 amide bonds. The Morgan fingerprint density at radius 1 is 1.23 bits per heavy atom. The minimum atomic E-state index is -0.876. The molecule has 0 aliphatic carbocycles. The third-order valence-corrected chi connectivity index (χ3v) is 3.88. The molecule has 0 spiro atoms. The van der Waals surface area contributed by atoms with Crippen LogP contribution in [0.4, 0.5) is 4.79 Å². The molecule has 1 aromatic rings. The fourth-order valence-electron chi connectivity index (χ4n) is 2.85. The number of hydrogen-bond donors (Lipinski definition) is 1. The molecule has 5 nitrogen and oxygen atoms in total. The Morgan fingerprint density at radius 3 is 2.41 bits per heavy atom. The van der Waals surface area contributed by atoms with E-state index in [1.54, 1.807) is 20.8 Å². The van der Waals surface area contributed by atoms with E-state index in [-0.39, 0.29) is 12.5 Å². The normalized spacial score (nSPS) is 21.7. The minimum absolute atomic E-state index is 0.184. The number of aryl methyl sites for hydroxylation is 1. The molecule has 0 unspecified atom stereocenters. The molecule has 1 saturated heterocycles. The zero-order chi connectivity index (χ0) is 16.5. The van der Waals surface area contributed by atoms with Crippen molar-refractivity contribution >= 4 is 12.1 Å². The monoisotopic (exact) mass is 305 g/mol. The third-order valence-electron chi connectivity index (χ3n) is 3.88. The maximum absolute atomic E-state index is 12.2. The van der Waals surface area contributed by atoms with Crippen LogP contribution in [0.1, 0.15) is 37.8 Å². The van der Waals surface area contributed by atoms with Gasteiger partial charge in [-0.15, -0.1) is 0 Å². The molecule has 1 heterocycles. The Bertz CT molecular complexity index is 576. The maximum atomic E-state index is 12.2. The molecular weight excluding hydrogens is 282 g/mol. The summed E-state index contributed by atoms with van der Waals surface area (Å²) in [7, 11) is 0. The van der Waals surface area contributed by atoms with E-state index in [1.165, 1.54) is 4.90 Å². The van der Waals surface area contributed by atoms with Crippen molar-refractivity contribution in [2.75, 3.05) is 13.1 Å². The van der Waals surface area contributed by atoms with Crippen molar-refractivity contribution in [3.05, 3.63) is 35.4 Å². The van der Waals surface area contributed by atoms with Gasteiger partial charge in [-0.1, -0.05) is 24.3 Å². The van der Waals surface area contributed by atoms with Crippen molar-refractivity contribution in [2.45, 2.75) is 39.2 Å². The Hall–Kier alpha value is -2.04. The minimum Gasteiger partial charge on any atom is -0.481 e. The van der Waals surface area contributed by atoms with E-state index in [2.05, 4.69) is 0 Å². The van der Waals surface area contributed by atoms with Crippen molar-refractivity contribution in [3.63, 3.8) is 0 Å². The second kappa shape index (κ2) is 5.99. The molecule has 2 atom stereocenters. The van der Waals surface area contributed by atoms with Gasteiger partial charge in [-0.2, -0.15) is 0 Å². The van der Waals surface area contributed by atoms with Gasteiger partial charge in [-0.3, -0.25) is 4.79 Å². The van der Waals surface area contributed by atoms with Crippen molar-refractivity contribution in [2.24, 2.45) is 5.92 Å². The van der Waals surface area contributed by atoms with E-state index in [4.69, 9.17) is 4.74 Å². The summed E-state index contributed by atoms with van der Waals surface area (Å²) in [5, 5.41) is 9.49. The van der Waals surface area contributed by atoms with E-state index in [1.807, 2.05) is 31.2 Å². The van der Waals surface area contributed by atoms with E-state index < -0.39 is 23.6 Å². The molecule has 5 heteroatoms. The van der Waals surface area contributed by atoms with Gasteiger partial charge in [0.05, 0.1) is 5.92 Å². The first-order chi connectivity index (χ1) is 10.2. The second-order valence-corrected chi connectivity index (χ2v) is 6.79. The number of nitrogens with zero attached hydrogens (tertiary/aromatic N) is 1. The lowest BCUT2D eigenvalue weighted by Gasteiger charge is -2.24. The van der Waals surface area contributed by atoms with Gasteiger partial charge in [-0.25, -0.2) is 4.79 Å². The molecule has 1 fully saturated rings. The van der Waals surface area contributed by atoms with Crippen LogP contribution in [0.2, 0.25) is 0 Å². The maximum Gasteiger partial charge on any atom is 0.410 e.